The largest absolute Gasteiger partial charge is 0.481 e. The van der Waals surface area contributed by atoms with Crippen LogP contribution in [-0.2, 0) is 11.3 Å². The predicted molar refractivity (Wildman–Crippen MR) is 84.1 cm³/mol. The SMILES string of the molecule is CCC(Oc1ccc(C)cc1)C(=O)NCc1ccc(F)cc1. The van der Waals surface area contributed by atoms with E-state index in [1.807, 2.05) is 38.1 Å². The third kappa shape index (κ3) is 4.58. The van der Waals surface area contributed by atoms with Gasteiger partial charge in [0.25, 0.3) is 5.91 Å². The standard InChI is InChI=1S/C18H20FNO2/c1-3-17(22-16-10-4-13(2)5-11-16)18(21)20-12-14-6-8-15(19)9-7-14/h4-11,17H,3,12H2,1-2H3,(H,20,21). The molecule has 0 aliphatic rings. The Morgan fingerprint density at radius 1 is 1.14 bits per heavy atom. The molecular weight excluding hydrogens is 281 g/mol. The third-order valence-electron chi connectivity index (χ3n) is 3.34. The lowest BCUT2D eigenvalue weighted by Crippen LogP contribution is -2.37. The summed E-state index contributed by atoms with van der Waals surface area (Å²) >= 11 is 0. The molecule has 4 heteroatoms. The van der Waals surface area contributed by atoms with Crippen molar-refractivity contribution >= 4 is 5.91 Å². The van der Waals surface area contributed by atoms with Crippen molar-refractivity contribution in [3.63, 3.8) is 0 Å². The topological polar surface area (TPSA) is 38.3 Å². The van der Waals surface area contributed by atoms with E-state index >= 15 is 0 Å². The van der Waals surface area contributed by atoms with Crippen molar-refractivity contribution in [2.75, 3.05) is 0 Å². The molecule has 1 unspecified atom stereocenters. The van der Waals surface area contributed by atoms with Gasteiger partial charge in [0.1, 0.15) is 11.6 Å². The number of ether oxygens (including phenoxy) is 1. The minimum Gasteiger partial charge on any atom is -0.481 e. The van der Waals surface area contributed by atoms with Crippen molar-refractivity contribution in [3.8, 4) is 5.75 Å². The molecule has 0 heterocycles. The molecule has 116 valence electrons. The van der Waals surface area contributed by atoms with E-state index in [1.54, 1.807) is 12.1 Å². The van der Waals surface area contributed by atoms with Gasteiger partial charge in [-0.1, -0.05) is 36.8 Å². The predicted octanol–water partition coefficient (Wildman–Crippen LogP) is 3.61. The van der Waals surface area contributed by atoms with E-state index in [-0.39, 0.29) is 11.7 Å². The average molecular weight is 301 g/mol. The van der Waals surface area contributed by atoms with Crippen molar-refractivity contribution in [2.24, 2.45) is 0 Å². The Kier molecular flexibility index (Phi) is 5.53. The van der Waals surface area contributed by atoms with Gasteiger partial charge in [-0.3, -0.25) is 4.79 Å². The van der Waals surface area contributed by atoms with Gasteiger partial charge < -0.3 is 10.1 Å². The maximum Gasteiger partial charge on any atom is 0.261 e. The number of halogens is 1. The van der Waals surface area contributed by atoms with Crippen LogP contribution in [0.25, 0.3) is 0 Å². The zero-order chi connectivity index (χ0) is 15.9. The first-order valence-corrected chi connectivity index (χ1v) is 7.34. The highest BCUT2D eigenvalue weighted by molar-refractivity contribution is 5.81. The fraction of sp³-hybridized carbons (Fsp3) is 0.278. The summed E-state index contributed by atoms with van der Waals surface area (Å²) < 4.78 is 18.5. The maximum absolute atomic E-state index is 12.8. The third-order valence-corrected chi connectivity index (χ3v) is 3.34. The Morgan fingerprint density at radius 3 is 2.36 bits per heavy atom. The summed E-state index contributed by atoms with van der Waals surface area (Å²) in [6.45, 7) is 4.25. The van der Waals surface area contributed by atoms with Crippen LogP contribution in [0.2, 0.25) is 0 Å². The van der Waals surface area contributed by atoms with Gasteiger partial charge in [0, 0.05) is 6.54 Å². The zero-order valence-corrected chi connectivity index (χ0v) is 12.8. The number of benzene rings is 2. The second kappa shape index (κ2) is 7.59. The average Bonchev–Trinajstić information content (AvgIpc) is 2.53. The van der Waals surface area contributed by atoms with E-state index in [2.05, 4.69) is 5.32 Å². The molecule has 0 fully saturated rings. The van der Waals surface area contributed by atoms with Crippen molar-refractivity contribution in [1.82, 2.24) is 5.32 Å². The van der Waals surface area contributed by atoms with Gasteiger partial charge in [-0.05, 0) is 43.2 Å². The van der Waals surface area contributed by atoms with Crippen LogP contribution >= 0.6 is 0 Å². The Labute approximate surface area is 130 Å². The number of nitrogens with one attached hydrogen (secondary N) is 1. The molecule has 0 aliphatic carbocycles. The smallest absolute Gasteiger partial charge is 0.261 e. The van der Waals surface area contributed by atoms with Gasteiger partial charge in [-0.25, -0.2) is 4.39 Å². The lowest BCUT2D eigenvalue weighted by Gasteiger charge is -2.17. The number of carbonyl (C=O) groups is 1. The van der Waals surface area contributed by atoms with Crippen molar-refractivity contribution in [1.29, 1.82) is 0 Å². The highest BCUT2D eigenvalue weighted by atomic mass is 19.1. The summed E-state index contributed by atoms with van der Waals surface area (Å²) in [6, 6.07) is 13.6. The first kappa shape index (κ1) is 16.0. The summed E-state index contributed by atoms with van der Waals surface area (Å²) in [6.07, 6.45) is 0.0338. The Bertz CT molecular complexity index is 608. The number of rotatable bonds is 6. The molecule has 3 nitrogen and oxygen atoms in total. The minimum atomic E-state index is -0.539. The van der Waals surface area contributed by atoms with E-state index in [1.165, 1.54) is 12.1 Å². The van der Waals surface area contributed by atoms with Crippen LogP contribution in [0.15, 0.2) is 48.5 Å². The summed E-state index contributed by atoms with van der Waals surface area (Å²) in [4.78, 5) is 12.2. The molecule has 2 rings (SSSR count). The molecule has 1 atom stereocenters. The number of hydrogen-bond acceptors (Lipinski definition) is 2. The number of hydrogen-bond donors (Lipinski definition) is 1. The van der Waals surface area contributed by atoms with Gasteiger partial charge in [0.15, 0.2) is 6.10 Å². The molecule has 0 aromatic heterocycles. The lowest BCUT2D eigenvalue weighted by molar-refractivity contribution is -0.128. The normalized spacial score (nSPS) is 11.8. The first-order valence-electron chi connectivity index (χ1n) is 7.34. The summed E-state index contributed by atoms with van der Waals surface area (Å²) in [5.41, 5.74) is 1.99. The van der Waals surface area contributed by atoms with Crippen molar-refractivity contribution < 1.29 is 13.9 Å². The summed E-state index contributed by atoms with van der Waals surface area (Å²) in [5, 5.41) is 2.81. The molecular formula is C18H20FNO2. The summed E-state index contributed by atoms with van der Waals surface area (Å²) in [5.74, 6) is 0.214. The van der Waals surface area contributed by atoms with Gasteiger partial charge in [-0.2, -0.15) is 0 Å². The Hall–Kier alpha value is -2.36. The molecule has 1 amide bonds. The van der Waals surface area contributed by atoms with Crippen LogP contribution in [0, 0.1) is 12.7 Å². The quantitative estimate of drug-likeness (QED) is 0.885. The number of carbonyl (C=O) groups excluding carboxylic acids is 1. The highest BCUT2D eigenvalue weighted by Crippen LogP contribution is 2.14. The molecule has 0 saturated carbocycles. The Morgan fingerprint density at radius 2 is 1.77 bits per heavy atom. The van der Waals surface area contributed by atoms with Gasteiger partial charge >= 0.3 is 0 Å². The molecule has 2 aromatic carbocycles. The molecule has 0 saturated heterocycles. The van der Waals surface area contributed by atoms with E-state index < -0.39 is 6.10 Å². The van der Waals surface area contributed by atoms with Crippen molar-refractivity contribution in [2.45, 2.75) is 32.9 Å². The fourth-order valence-corrected chi connectivity index (χ4v) is 2.01. The summed E-state index contributed by atoms with van der Waals surface area (Å²) in [7, 11) is 0. The molecule has 0 aliphatic heterocycles. The molecule has 2 aromatic rings. The zero-order valence-electron chi connectivity index (χ0n) is 12.8. The minimum absolute atomic E-state index is 0.174. The maximum atomic E-state index is 12.8. The molecule has 0 bridgehead atoms. The molecule has 22 heavy (non-hydrogen) atoms. The molecule has 0 radical (unpaired) electrons. The monoisotopic (exact) mass is 301 g/mol. The van der Waals surface area contributed by atoms with Crippen LogP contribution in [0.5, 0.6) is 5.75 Å². The van der Waals surface area contributed by atoms with Crippen molar-refractivity contribution in [3.05, 3.63) is 65.5 Å². The molecule has 0 spiro atoms. The van der Waals surface area contributed by atoms with Crippen LogP contribution in [0.4, 0.5) is 4.39 Å². The fourth-order valence-electron chi connectivity index (χ4n) is 2.01. The molecule has 1 N–H and O–H groups in total. The second-order valence-electron chi connectivity index (χ2n) is 5.17. The number of amides is 1. The van der Waals surface area contributed by atoms with E-state index in [4.69, 9.17) is 4.74 Å². The lowest BCUT2D eigenvalue weighted by atomic mass is 10.2. The Balaban J connectivity index is 1.91. The highest BCUT2D eigenvalue weighted by Gasteiger charge is 2.17. The first-order chi connectivity index (χ1) is 10.6. The van der Waals surface area contributed by atoms with Gasteiger partial charge in [0.05, 0.1) is 0 Å². The van der Waals surface area contributed by atoms with Gasteiger partial charge in [0.2, 0.25) is 0 Å². The van der Waals surface area contributed by atoms with Crippen LogP contribution in [-0.4, -0.2) is 12.0 Å². The van der Waals surface area contributed by atoms with Crippen LogP contribution in [0.3, 0.4) is 0 Å². The van der Waals surface area contributed by atoms with E-state index in [0.717, 1.165) is 11.1 Å². The van der Waals surface area contributed by atoms with Crippen LogP contribution in [0.1, 0.15) is 24.5 Å². The van der Waals surface area contributed by atoms with Crippen LogP contribution < -0.4 is 10.1 Å². The van der Waals surface area contributed by atoms with Gasteiger partial charge in [-0.15, -0.1) is 0 Å². The van der Waals surface area contributed by atoms with E-state index in [0.29, 0.717) is 18.7 Å². The second-order valence-corrected chi connectivity index (χ2v) is 5.17. The number of aryl methyl sites for hydroxylation is 1. The van der Waals surface area contributed by atoms with E-state index in [9.17, 15) is 9.18 Å².